The highest BCUT2D eigenvalue weighted by Gasteiger charge is 2.21. The Balaban J connectivity index is 1.84. The van der Waals surface area contributed by atoms with Crippen LogP contribution in [0.3, 0.4) is 0 Å². The highest BCUT2D eigenvalue weighted by Crippen LogP contribution is 2.11. The van der Waals surface area contributed by atoms with Gasteiger partial charge in [-0.05, 0) is 38.2 Å². The molecule has 1 saturated heterocycles. The second kappa shape index (κ2) is 7.17. The molecule has 118 valence electrons. The van der Waals surface area contributed by atoms with Gasteiger partial charge in [0.2, 0.25) is 11.8 Å². The minimum atomic E-state index is -0.334. The first kappa shape index (κ1) is 16.2. The quantitative estimate of drug-likeness (QED) is 0.665. The van der Waals surface area contributed by atoms with Crippen molar-refractivity contribution in [1.29, 1.82) is 0 Å². The van der Waals surface area contributed by atoms with E-state index in [4.69, 9.17) is 0 Å². The topological polar surface area (TPSA) is 69.7 Å². The average molecular weight is 303 g/mol. The molecule has 0 radical (unpaired) electrons. The van der Waals surface area contributed by atoms with E-state index in [9.17, 15) is 14.4 Å². The van der Waals surface area contributed by atoms with Crippen LogP contribution >= 0.6 is 0 Å². The number of rotatable bonds is 4. The van der Waals surface area contributed by atoms with E-state index in [0.29, 0.717) is 24.3 Å². The van der Waals surface area contributed by atoms with Gasteiger partial charge in [0.15, 0.2) is 5.78 Å². The Labute approximate surface area is 130 Å². The van der Waals surface area contributed by atoms with Crippen molar-refractivity contribution in [2.45, 2.75) is 13.3 Å². The molecule has 1 aliphatic heterocycles. The Hall–Kier alpha value is -2.21. The van der Waals surface area contributed by atoms with E-state index in [1.807, 2.05) is 7.05 Å². The van der Waals surface area contributed by atoms with Crippen LogP contribution in [0.2, 0.25) is 0 Å². The van der Waals surface area contributed by atoms with E-state index >= 15 is 0 Å². The summed E-state index contributed by atoms with van der Waals surface area (Å²) >= 11 is 0. The zero-order valence-electron chi connectivity index (χ0n) is 13.0. The van der Waals surface area contributed by atoms with Crippen LogP contribution in [0.25, 0.3) is 0 Å². The molecular weight excluding hydrogens is 282 g/mol. The van der Waals surface area contributed by atoms with Crippen molar-refractivity contribution in [2.24, 2.45) is 0 Å². The monoisotopic (exact) mass is 303 g/mol. The second-order valence-electron chi connectivity index (χ2n) is 5.54. The number of piperazine rings is 1. The maximum atomic E-state index is 12.1. The van der Waals surface area contributed by atoms with Gasteiger partial charge in [-0.15, -0.1) is 0 Å². The summed E-state index contributed by atoms with van der Waals surface area (Å²) in [5.41, 5.74) is 1.17. The Morgan fingerprint density at radius 3 is 2.18 bits per heavy atom. The number of nitrogens with one attached hydrogen (secondary N) is 1. The van der Waals surface area contributed by atoms with Gasteiger partial charge in [0.25, 0.3) is 0 Å². The number of likely N-dealkylation sites (N-methyl/N-ethyl adjacent to an activating group) is 1. The molecule has 6 heteroatoms. The smallest absolute Gasteiger partial charge is 0.233 e. The lowest BCUT2D eigenvalue weighted by atomic mass is 10.1. The lowest BCUT2D eigenvalue weighted by molar-refractivity contribution is -0.135. The molecule has 0 aromatic heterocycles. The predicted octanol–water partition coefficient (Wildman–Crippen LogP) is 0.992. The number of amides is 2. The van der Waals surface area contributed by atoms with Crippen molar-refractivity contribution >= 4 is 23.3 Å². The van der Waals surface area contributed by atoms with Gasteiger partial charge in [-0.1, -0.05) is 0 Å². The number of benzene rings is 1. The summed E-state index contributed by atoms with van der Waals surface area (Å²) in [4.78, 5) is 39.0. The molecule has 1 aromatic carbocycles. The van der Waals surface area contributed by atoms with Gasteiger partial charge in [-0.25, -0.2) is 0 Å². The van der Waals surface area contributed by atoms with Crippen molar-refractivity contribution in [2.75, 3.05) is 38.5 Å². The Bertz CT molecular complexity index is 561. The first-order chi connectivity index (χ1) is 10.5. The standard InChI is InChI=1S/C16H21N3O3/c1-12(20)13-3-5-14(6-4-13)17-15(21)11-16(22)19-9-7-18(2)8-10-19/h3-6H,7-11H2,1-2H3,(H,17,21). The molecule has 2 rings (SSSR count). The highest BCUT2D eigenvalue weighted by atomic mass is 16.2. The number of carbonyl (C=O) groups excluding carboxylic acids is 3. The zero-order chi connectivity index (χ0) is 16.1. The summed E-state index contributed by atoms with van der Waals surface area (Å²) in [6.45, 7) is 4.48. The van der Waals surface area contributed by atoms with Crippen molar-refractivity contribution in [3.05, 3.63) is 29.8 Å². The van der Waals surface area contributed by atoms with E-state index < -0.39 is 0 Å². The van der Waals surface area contributed by atoms with Crippen LogP contribution in [0.5, 0.6) is 0 Å². The minimum absolute atomic E-state index is 0.0249. The van der Waals surface area contributed by atoms with Crippen molar-refractivity contribution in [3.63, 3.8) is 0 Å². The normalized spacial score (nSPS) is 15.5. The molecule has 1 N–H and O–H groups in total. The molecule has 0 spiro atoms. The van der Waals surface area contributed by atoms with Gasteiger partial charge in [0.05, 0.1) is 0 Å². The molecule has 1 heterocycles. The van der Waals surface area contributed by atoms with Crippen LogP contribution < -0.4 is 5.32 Å². The van der Waals surface area contributed by atoms with Crippen molar-refractivity contribution < 1.29 is 14.4 Å². The van der Waals surface area contributed by atoms with Crippen LogP contribution in [-0.2, 0) is 9.59 Å². The van der Waals surface area contributed by atoms with E-state index in [2.05, 4.69) is 10.2 Å². The molecule has 1 aromatic rings. The van der Waals surface area contributed by atoms with Crippen LogP contribution in [0.15, 0.2) is 24.3 Å². The fraction of sp³-hybridized carbons (Fsp3) is 0.438. The molecule has 6 nitrogen and oxygen atoms in total. The molecular formula is C16H21N3O3. The largest absolute Gasteiger partial charge is 0.340 e. The summed E-state index contributed by atoms with van der Waals surface area (Å²) in [6, 6.07) is 6.63. The van der Waals surface area contributed by atoms with E-state index in [0.717, 1.165) is 13.1 Å². The van der Waals surface area contributed by atoms with Gasteiger partial charge in [-0.2, -0.15) is 0 Å². The summed E-state index contributed by atoms with van der Waals surface area (Å²) in [5.74, 6) is -0.506. The van der Waals surface area contributed by atoms with Gasteiger partial charge in [0.1, 0.15) is 6.42 Å². The number of hydrogen-bond acceptors (Lipinski definition) is 4. The summed E-state index contributed by atoms with van der Waals surface area (Å²) in [5, 5.41) is 2.68. The number of Topliss-reactive ketones (excluding diaryl/α,β-unsaturated/α-hetero) is 1. The third-order valence-corrected chi connectivity index (χ3v) is 3.74. The number of ketones is 1. The summed E-state index contributed by atoms with van der Waals surface area (Å²) in [7, 11) is 2.01. The molecule has 2 amide bonds. The third kappa shape index (κ3) is 4.39. The highest BCUT2D eigenvalue weighted by molar-refractivity contribution is 6.03. The Morgan fingerprint density at radius 1 is 1.05 bits per heavy atom. The molecule has 1 aliphatic rings. The van der Waals surface area contributed by atoms with Crippen LogP contribution in [0, 0.1) is 0 Å². The van der Waals surface area contributed by atoms with Gasteiger partial charge in [-0.3, -0.25) is 14.4 Å². The SMILES string of the molecule is CC(=O)c1ccc(NC(=O)CC(=O)N2CCN(C)CC2)cc1. The molecule has 1 fully saturated rings. The van der Waals surface area contributed by atoms with Gasteiger partial charge >= 0.3 is 0 Å². The van der Waals surface area contributed by atoms with Crippen molar-refractivity contribution in [1.82, 2.24) is 9.80 Å². The predicted molar refractivity (Wildman–Crippen MR) is 83.8 cm³/mol. The zero-order valence-corrected chi connectivity index (χ0v) is 13.0. The third-order valence-electron chi connectivity index (χ3n) is 3.74. The van der Waals surface area contributed by atoms with Crippen LogP contribution in [0.4, 0.5) is 5.69 Å². The molecule has 0 aliphatic carbocycles. The number of anilines is 1. The van der Waals surface area contributed by atoms with Crippen molar-refractivity contribution in [3.8, 4) is 0 Å². The summed E-state index contributed by atoms with van der Waals surface area (Å²) in [6.07, 6.45) is -0.155. The minimum Gasteiger partial charge on any atom is -0.340 e. The maximum absolute atomic E-state index is 12.1. The van der Waals surface area contributed by atoms with E-state index in [1.54, 1.807) is 29.2 Å². The second-order valence-corrected chi connectivity index (χ2v) is 5.54. The number of hydrogen-bond donors (Lipinski definition) is 1. The molecule has 0 saturated carbocycles. The van der Waals surface area contributed by atoms with Gasteiger partial charge < -0.3 is 15.1 Å². The Morgan fingerprint density at radius 2 is 1.64 bits per heavy atom. The summed E-state index contributed by atoms with van der Waals surface area (Å²) < 4.78 is 0. The fourth-order valence-electron chi connectivity index (χ4n) is 2.30. The first-order valence-electron chi connectivity index (χ1n) is 7.33. The number of nitrogens with zero attached hydrogens (tertiary/aromatic N) is 2. The lowest BCUT2D eigenvalue weighted by Gasteiger charge is -2.32. The molecule has 22 heavy (non-hydrogen) atoms. The Kier molecular flexibility index (Phi) is 5.27. The lowest BCUT2D eigenvalue weighted by Crippen LogP contribution is -2.47. The van der Waals surface area contributed by atoms with Gasteiger partial charge in [0, 0.05) is 37.4 Å². The van der Waals surface area contributed by atoms with E-state index in [1.165, 1.54) is 6.92 Å². The molecule has 0 atom stereocenters. The average Bonchev–Trinajstić information content (AvgIpc) is 2.48. The first-order valence-corrected chi connectivity index (χ1v) is 7.33. The maximum Gasteiger partial charge on any atom is 0.233 e. The molecule has 0 bridgehead atoms. The van der Waals surface area contributed by atoms with Crippen LogP contribution in [0.1, 0.15) is 23.7 Å². The van der Waals surface area contributed by atoms with E-state index in [-0.39, 0.29) is 24.0 Å². The fourth-order valence-corrected chi connectivity index (χ4v) is 2.30. The number of carbonyl (C=O) groups is 3. The molecule has 0 unspecified atom stereocenters. The van der Waals surface area contributed by atoms with Crippen LogP contribution in [-0.4, -0.2) is 60.6 Å².